The number of hydrogen-bond acceptors (Lipinski definition) is 6. The second-order valence-corrected chi connectivity index (χ2v) is 14.1. The number of thiophene rings is 2. The van der Waals surface area contributed by atoms with Gasteiger partial charge in [0.2, 0.25) is 0 Å². The quantitative estimate of drug-likeness (QED) is 0.174. The van der Waals surface area contributed by atoms with E-state index >= 15 is 0 Å². The van der Waals surface area contributed by atoms with Crippen molar-refractivity contribution in [2.45, 2.75) is 0 Å². The first-order chi connectivity index (χ1) is 40.3. The lowest BCUT2D eigenvalue weighted by Crippen LogP contribution is -2.00. The van der Waals surface area contributed by atoms with Gasteiger partial charge in [-0.25, -0.2) is 15.0 Å². The monoisotopic (exact) mass is 792 g/mol. The Kier molecular flexibility index (Phi) is 3.32. The molecule has 0 aliphatic heterocycles. The van der Waals surface area contributed by atoms with Gasteiger partial charge in [0.05, 0.1) is 39.8 Å². The van der Waals surface area contributed by atoms with E-state index in [0.29, 0.717) is 22.7 Å². The van der Waals surface area contributed by atoms with E-state index < -0.39 is 259 Å². The zero-order valence-electron chi connectivity index (χ0n) is 57.1. The normalized spacial score (nSPS) is 19.0. The maximum atomic E-state index is 9.92. The number of para-hydroxylation sites is 1. The summed E-state index contributed by atoms with van der Waals surface area (Å²) in [6.07, 6.45) is 0. The largest absolute Gasteiger partial charge is 0.455 e. The van der Waals surface area contributed by atoms with Gasteiger partial charge in [0.15, 0.2) is 17.5 Å². The summed E-state index contributed by atoms with van der Waals surface area (Å²) in [6.45, 7) is 0. The molecular formula is C51H29N3OS2. The van der Waals surface area contributed by atoms with Gasteiger partial charge >= 0.3 is 0 Å². The molecule has 8 aromatic carbocycles. The van der Waals surface area contributed by atoms with Gasteiger partial charge in [0.25, 0.3) is 0 Å². The van der Waals surface area contributed by atoms with Crippen LogP contribution >= 0.6 is 22.7 Å². The lowest BCUT2D eigenvalue weighted by molar-refractivity contribution is 0.670. The first-order valence-electron chi connectivity index (χ1n) is 31.1. The summed E-state index contributed by atoms with van der Waals surface area (Å²) in [6, 6.07) is -23.1. The van der Waals surface area contributed by atoms with Crippen LogP contribution in [0, 0.1) is 0 Å². The number of rotatable bonds is 5. The molecule has 57 heavy (non-hydrogen) atoms. The molecule has 0 amide bonds. The molecule has 0 unspecified atom stereocenters. The smallest absolute Gasteiger partial charge is 0.164 e. The number of nitrogens with zero attached hydrogens (tertiary/aromatic N) is 3. The molecule has 0 bridgehead atoms. The number of hydrogen-bond donors (Lipinski definition) is 0. The summed E-state index contributed by atoms with van der Waals surface area (Å²) >= 11 is 1.27. The fraction of sp³-hybridized carbons (Fsp3) is 0. The van der Waals surface area contributed by atoms with Crippen LogP contribution in [0.15, 0.2) is 180 Å². The van der Waals surface area contributed by atoms with Crippen molar-refractivity contribution in [1.29, 1.82) is 0 Å². The molecule has 0 aliphatic carbocycles. The van der Waals surface area contributed by atoms with E-state index in [-0.39, 0.29) is 35.0 Å². The van der Waals surface area contributed by atoms with Crippen molar-refractivity contribution in [2.75, 3.05) is 0 Å². The fourth-order valence-electron chi connectivity index (χ4n) is 6.45. The molecular weight excluding hydrogens is 735 g/mol. The SMILES string of the molecule is [2H]c1c([2H])c([2H])c(-c2nc(-c3c([2H])c([2H])c([2H])c([2H])c3[2H])nc(-c3c([2H])c([2H])c([2H])c4sc5c([2H])c(-c6c([2H])c([2H])c(-c7c([2H])c([2H])c8sc9c([2H])c([2H])c([2H])c([2H])c9c8c7[2H])c7c6oc6c([2H])c([2H])c([2H])c([2H])c67)c([2H])c([2H])c5c34)n2)c([2H])c1[2H]. The van der Waals surface area contributed by atoms with Gasteiger partial charge in [-0.3, -0.25) is 0 Å². The van der Waals surface area contributed by atoms with Gasteiger partial charge in [0, 0.05) is 73.4 Å². The van der Waals surface area contributed by atoms with Gasteiger partial charge in [-0.1, -0.05) is 133 Å². The van der Waals surface area contributed by atoms with Crippen molar-refractivity contribution in [1.82, 2.24) is 15.0 Å². The van der Waals surface area contributed by atoms with Crippen molar-refractivity contribution in [3.05, 3.63) is 175 Å². The van der Waals surface area contributed by atoms with Crippen molar-refractivity contribution in [2.24, 2.45) is 0 Å². The van der Waals surface area contributed by atoms with Crippen molar-refractivity contribution >= 4 is 85.0 Å². The fourth-order valence-corrected chi connectivity index (χ4v) is 8.39. The van der Waals surface area contributed by atoms with Gasteiger partial charge in [-0.15, -0.1) is 22.7 Å². The Morgan fingerprint density at radius 2 is 0.982 bits per heavy atom. The summed E-state index contributed by atoms with van der Waals surface area (Å²) < 4.78 is 265. The third-order valence-electron chi connectivity index (χ3n) is 8.89. The van der Waals surface area contributed by atoms with E-state index in [4.69, 9.17) is 30.5 Å². The Morgan fingerprint density at radius 3 is 1.79 bits per heavy atom. The maximum Gasteiger partial charge on any atom is 0.164 e. The van der Waals surface area contributed by atoms with Crippen LogP contribution in [-0.4, -0.2) is 15.0 Å². The summed E-state index contributed by atoms with van der Waals surface area (Å²) in [7, 11) is 0. The lowest BCUT2D eigenvalue weighted by atomic mass is 9.93. The highest BCUT2D eigenvalue weighted by molar-refractivity contribution is 7.26. The minimum absolute atomic E-state index is 0.0685. The van der Waals surface area contributed by atoms with Gasteiger partial charge in [0.1, 0.15) is 11.2 Å². The van der Waals surface area contributed by atoms with Gasteiger partial charge in [-0.05, 0) is 59.0 Å². The number of aromatic nitrogens is 3. The molecule has 0 aliphatic rings. The Morgan fingerprint density at radius 1 is 0.368 bits per heavy atom. The third-order valence-corrected chi connectivity index (χ3v) is 10.9. The minimum atomic E-state index is -0.944. The lowest BCUT2D eigenvalue weighted by Gasteiger charge is -2.10. The van der Waals surface area contributed by atoms with Crippen molar-refractivity contribution < 1.29 is 44.2 Å². The molecule has 0 radical (unpaired) electrons. The van der Waals surface area contributed by atoms with Crippen LogP contribution < -0.4 is 0 Å². The number of benzene rings is 8. The van der Waals surface area contributed by atoms with E-state index in [1.165, 1.54) is 0 Å². The number of furan rings is 1. The molecule has 266 valence electrons. The maximum absolute atomic E-state index is 9.92. The average Bonchev–Trinajstić information content (AvgIpc) is 1.54. The summed E-state index contributed by atoms with van der Waals surface area (Å²) in [5.41, 5.74) is -5.70. The zero-order chi connectivity index (χ0) is 62.7. The van der Waals surface area contributed by atoms with Crippen LogP contribution in [0.2, 0.25) is 0 Å². The molecule has 0 saturated carbocycles. The molecule has 0 saturated heterocycles. The molecule has 4 heterocycles. The van der Waals surface area contributed by atoms with E-state index in [9.17, 15) is 13.7 Å². The van der Waals surface area contributed by atoms with Gasteiger partial charge < -0.3 is 4.42 Å². The van der Waals surface area contributed by atoms with Crippen LogP contribution in [-0.2, 0) is 0 Å². The van der Waals surface area contributed by atoms with Crippen LogP contribution in [0.3, 0.4) is 0 Å². The molecule has 0 atom stereocenters. The zero-order valence-corrected chi connectivity index (χ0v) is 29.7. The van der Waals surface area contributed by atoms with Crippen molar-refractivity contribution in [3.63, 3.8) is 0 Å². The van der Waals surface area contributed by atoms with Crippen molar-refractivity contribution in [3.8, 4) is 56.4 Å². The second-order valence-electron chi connectivity index (χ2n) is 12.1. The molecule has 0 fully saturated rings. The van der Waals surface area contributed by atoms with E-state index in [1.807, 2.05) is 0 Å². The Labute approximate surface area is 375 Å². The predicted molar refractivity (Wildman–Crippen MR) is 240 cm³/mol. The number of fused-ring (bicyclic) bond motifs is 9. The minimum Gasteiger partial charge on any atom is -0.455 e. The molecule has 12 rings (SSSR count). The average molecular weight is 793 g/mol. The van der Waals surface area contributed by atoms with Crippen LogP contribution in [0.25, 0.3) is 119 Å². The third kappa shape index (κ3) is 5.22. The summed E-state index contributed by atoms with van der Waals surface area (Å²) in [5, 5.41) is -2.18. The molecule has 0 spiro atoms. The van der Waals surface area contributed by atoms with E-state index in [2.05, 4.69) is 15.0 Å². The van der Waals surface area contributed by atoms with Crippen LogP contribution in [0.4, 0.5) is 0 Å². The highest BCUT2D eigenvalue weighted by Gasteiger charge is 2.21. The van der Waals surface area contributed by atoms with Crippen LogP contribution in [0.5, 0.6) is 0 Å². The first-order valence-corrected chi connectivity index (χ1v) is 18.2. The van der Waals surface area contributed by atoms with E-state index in [1.54, 1.807) is 0 Å². The highest BCUT2D eigenvalue weighted by Crippen LogP contribution is 2.46. The second kappa shape index (κ2) is 12.8. The molecule has 12 aromatic rings. The molecule has 4 aromatic heterocycles. The Bertz CT molecular complexity index is 5100. The summed E-state index contributed by atoms with van der Waals surface area (Å²) in [4.78, 5) is 13.1. The molecule has 0 N–H and O–H groups in total. The molecule has 6 heteroatoms. The summed E-state index contributed by atoms with van der Waals surface area (Å²) in [5.74, 6) is -2.27. The Balaban J connectivity index is 1.21. The predicted octanol–water partition coefficient (Wildman–Crippen LogP) is 14.8. The molecule has 4 nitrogen and oxygen atoms in total. The Hall–Kier alpha value is -6.99. The standard InChI is InChI=1S/C51H29N3OS2/c1-3-12-30(13-4-1)49-52-50(31-14-5-2-6-15-31)54-51(53-49)39-18-11-21-44-46(39)38-24-22-33(29-45(38)57-44)35-26-25-34(47-37-17-7-9-19-41(37)55-48(35)47)32-23-27-43-40(28-32)36-16-8-10-20-42(36)56-43/h1-29H/i1D,2D,3D,4D,5D,6D,7D,8D,9D,10D,11D,12D,13D,14D,15D,16D,17D,18D,19D,20D,21D,22D,23D,24D,25D,26D,27D,28D,29D. The first kappa shape index (κ1) is 14.8. The van der Waals surface area contributed by atoms with E-state index in [0.717, 1.165) is 0 Å². The topological polar surface area (TPSA) is 51.8 Å². The van der Waals surface area contributed by atoms with Gasteiger partial charge in [-0.2, -0.15) is 0 Å². The highest BCUT2D eigenvalue weighted by atomic mass is 32.1. The van der Waals surface area contributed by atoms with Crippen LogP contribution in [0.1, 0.15) is 39.8 Å².